The summed E-state index contributed by atoms with van der Waals surface area (Å²) in [5.41, 5.74) is 6.51. The fraction of sp³-hybridized carbons (Fsp3) is 0.333. The molecule has 0 radical (unpaired) electrons. The third-order valence-corrected chi connectivity index (χ3v) is 2.07. The summed E-state index contributed by atoms with van der Waals surface area (Å²) in [7, 11) is 0. The summed E-state index contributed by atoms with van der Waals surface area (Å²) in [5, 5.41) is 11.0. The van der Waals surface area contributed by atoms with E-state index in [-0.39, 0.29) is 13.2 Å². The van der Waals surface area contributed by atoms with Gasteiger partial charge in [0.2, 0.25) is 0 Å². The van der Waals surface area contributed by atoms with E-state index < -0.39 is 5.97 Å². The molecule has 0 aromatic carbocycles. The minimum Gasteiger partial charge on any atom is -0.458 e. The van der Waals surface area contributed by atoms with Gasteiger partial charge in [-0.25, -0.2) is 4.63 Å². The molecule has 17 heavy (non-hydrogen) atoms. The maximum Gasteiger partial charge on any atom is 0.328 e. The number of esters is 1. The Morgan fingerprint density at radius 2 is 2.41 bits per heavy atom. The molecule has 0 aliphatic heterocycles. The van der Waals surface area contributed by atoms with Crippen LogP contribution < -0.4 is 5.73 Å². The number of aromatic nitrogens is 4. The van der Waals surface area contributed by atoms with Crippen molar-refractivity contribution in [2.24, 2.45) is 0 Å². The summed E-state index contributed by atoms with van der Waals surface area (Å²) in [4.78, 5) is 11.4. The number of carbonyl (C=O) groups is 1. The molecule has 2 rings (SSSR count). The molecule has 0 aliphatic rings. The first-order chi connectivity index (χ1) is 8.15. The molecule has 2 aromatic rings. The molecule has 90 valence electrons. The van der Waals surface area contributed by atoms with Crippen LogP contribution in [0.2, 0.25) is 0 Å². The maximum absolute atomic E-state index is 11.4. The average Bonchev–Trinajstić information content (AvgIpc) is 2.85. The molecular weight excluding hydrogens is 226 g/mol. The second kappa shape index (κ2) is 4.64. The number of hydrogen-bond acceptors (Lipinski definition) is 7. The number of carbonyl (C=O) groups excluding carboxylic acids is 1. The molecule has 8 heteroatoms. The molecule has 0 bridgehead atoms. The van der Waals surface area contributed by atoms with Crippen LogP contribution in [-0.4, -0.2) is 26.1 Å². The second-order valence-corrected chi connectivity index (χ2v) is 3.40. The molecule has 0 fully saturated rings. The summed E-state index contributed by atoms with van der Waals surface area (Å²) >= 11 is 0. The zero-order valence-electron chi connectivity index (χ0n) is 9.16. The van der Waals surface area contributed by atoms with Crippen molar-refractivity contribution < 1.29 is 14.2 Å². The first-order valence-corrected chi connectivity index (χ1v) is 4.88. The molecule has 8 nitrogen and oxygen atoms in total. The van der Waals surface area contributed by atoms with Crippen molar-refractivity contribution in [2.45, 2.75) is 20.1 Å². The molecule has 0 saturated carbocycles. The summed E-state index contributed by atoms with van der Waals surface area (Å²) in [6.07, 6.45) is 1.60. The highest BCUT2D eigenvalue weighted by Crippen LogP contribution is 2.03. The van der Waals surface area contributed by atoms with Crippen LogP contribution in [0.3, 0.4) is 0 Å². The molecule has 2 N–H and O–H groups in total. The Morgan fingerprint density at radius 3 is 3.00 bits per heavy atom. The Hall–Kier alpha value is -2.38. The predicted molar refractivity (Wildman–Crippen MR) is 55.5 cm³/mol. The standard InChI is InChI=1S/C9H11N5O3/c1-6-7(13-17-12-6)5-16-9(15)4-14-3-2-8(10)11-14/h2-3H,4-5H2,1H3,(H2,10,11). The van der Waals surface area contributed by atoms with Crippen molar-refractivity contribution in [1.29, 1.82) is 0 Å². The highest BCUT2D eigenvalue weighted by atomic mass is 16.6. The predicted octanol–water partition coefficient (Wildman–Crippen LogP) is -0.0999. The van der Waals surface area contributed by atoms with Gasteiger partial charge in [0.15, 0.2) is 0 Å². The Kier molecular flexibility index (Phi) is 3.03. The molecule has 0 saturated heterocycles. The first-order valence-electron chi connectivity index (χ1n) is 4.88. The van der Waals surface area contributed by atoms with Crippen LogP contribution in [0.4, 0.5) is 5.82 Å². The average molecular weight is 237 g/mol. The lowest BCUT2D eigenvalue weighted by molar-refractivity contribution is -0.146. The topological polar surface area (TPSA) is 109 Å². The summed E-state index contributed by atoms with van der Waals surface area (Å²) in [5.74, 6) is -0.0788. The maximum atomic E-state index is 11.4. The van der Waals surface area contributed by atoms with Gasteiger partial charge in [0.25, 0.3) is 0 Å². The van der Waals surface area contributed by atoms with Gasteiger partial charge < -0.3 is 10.5 Å². The molecule has 0 atom stereocenters. The SMILES string of the molecule is Cc1nonc1COC(=O)Cn1ccc(N)n1. The highest BCUT2D eigenvalue weighted by Gasteiger charge is 2.10. The highest BCUT2D eigenvalue weighted by molar-refractivity contribution is 5.69. The second-order valence-electron chi connectivity index (χ2n) is 3.40. The van der Waals surface area contributed by atoms with Gasteiger partial charge in [-0.15, -0.1) is 0 Å². The largest absolute Gasteiger partial charge is 0.458 e. The zero-order chi connectivity index (χ0) is 12.3. The van der Waals surface area contributed by atoms with E-state index in [1.165, 1.54) is 4.68 Å². The monoisotopic (exact) mass is 237 g/mol. The van der Waals surface area contributed by atoms with Gasteiger partial charge in [0, 0.05) is 6.20 Å². The van der Waals surface area contributed by atoms with E-state index in [0.29, 0.717) is 17.2 Å². The van der Waals surface area contributed by atoms with Gasteiger partial charge in [-0.3, -0.25) is 9.48 Å². The van der Waals surface area contributed by atoms with Crippen molar-refractivity contribution in [3.63, 3.8) is 0 Å². The zero-order valence-corrected chi connectivity index (χ0v) is 9.16. The van der Waals surface area contributed by atoms with E-state index in [2.05, 4.69) is 20.0 Å². The molecule has 2 heterocycles. The Labute approximate surface area is 96.3 Å². The summed E-state index contributed by atoms with van der Waals surface area (Å²) in [6.45, 7) is 1.75. The Bertz CT molecular complexity index is 518. The lowest BCUT2D eigenvalue weighted by atomic mass is 10.4. The number of rotatable bonds is 4. The Morgan fingerprint density at radius 1 is 1.59 bits per heavy atom. The van der Waals surface area contributed by atoms with Crippen LogP contribution >= 0.6 is 0 Å². The molecule has 0 unspecified atom stereocenters. The van der Waals surface area contributed by atoms with E-state index >= 15 is 0 Å². The lowest BCUT2D eigenvalue weighted by Crippen LogP contribution is -2.14. The molecular formula is C9H11N5O3. The van der Waals surface area contributed by atoms with Crippen LogP contribution in [0.5, 0.6) is 0 Å². The van der Waals surface area contributed by atoms with Crippen LogP contribution in [0.15, 0.2) is 16.9 Å². The van der Waals surface area contributed by atoms with E-state index in [1.54, 1.807) is 19.2 Å². The van der Waals surface area contributed by atoms with Gasteiger partial charge >= 0.3 is 5.97 Å². The number of hydrogen-bond donors (Lipinski definition) is 1. The van der Waals surface area contributed by atoms with Crippen LogP contribution in [0.25, 0.3) is 0 Å². The van der Waals surface area contributed by atoms with E-state index in [0.717, 1.165) is 0 Å². The molecule has 0 spiro atoms. The summed E-state index contributed by atoms with van der Waals surface area (Å²) in [6, 6.07) is 1.60. The van der Waals surface area contributed by atoms with E-state index in [1.807, 2.05) is 0 Å². The van der Waals surface area contributed by atoms with E-state index in [4.69, 9.17) is 10.5 Å². The van der Waals surface area contributed by atoms with Gasteiger partial charge in [-0.1, -0.05) is 10.3 Å². The lowest BCUT2D eigenvalue weighted by Gasteiger charge is -2.02. The van der Waals surface area contributed by atoms with Crippen molar-refractivity contribution in [1.82, 2.24) is 20.1 Å². The van der Waals surface area contributed by atoms with Gasteiger partial charge in [-0.2, -0.15) is 5.10 Å². The third-order valence-electron chi connectivity index (χ3n) is 2.07. The van der Waals surface area contributed by atoms with Gasteiger partial charge in [0.1, 0.15) is 30.4 Å². The van der Waals surface area contributed by atoms with E-state index in [9.17, 15) is 4.79 Å². The van der Waals surface area contributed by atoms with Crippen molar-refractivity contribution >= 4 is 11.8 Å². The fourth-order valence-electron chi connectivity index (χ4n) is 1.17. The molecule has 0 amide bonds. The normalized spacial score (nSPS) is 10.4. The smallest absolute Gasteiger partial charge is 0.328 e. The number of ether oxygens (including phenoxy) is 1. The molecule has 2 aromatic heterocycles. The number of aryl methyl sites for hydroxylation is 1. The minimum absolute atomic E-state index is 0.00152. The van der Waals surface area contributed by atoms with Crippen molar-refractivity contribution in [2.75, 3.05) is 5.73 Å². The number of nitrogen functional groups attached to an aromatic ring is 1. The van der Waals surface area contributed by atoms with Crippen molar-refractivity contribution in [3.8, 4) is 0 Å². The third kappa shape index (κ3) is 2.80. The minimum atomic E-state index is -0.435. The number of nitrogens with two attached hydrogens (primary N) is 1. The van der Waals surface area contributed by atoms with Crippen LogP contribution in [-0.2, 0) is 22.7 Å². The number of anilines is 1. The van der Waals surface area contributed by atoms with Gasteiger partial charge in [-0.05, 0) is 13.0 Å². The Balaban J connectivity index is 1.84. The van der Waals surface area contributed by atoms with Crippen LogP contribution in [0.1, 0.15) is 11.4 Å². The summed E-state index contributed by atoms with van der Waals surface area (Å²) < 4.78 is 10.8. The first kappa shape index (κ1) is 11.1. The van der Waals surface area contributed by atoms with Crippen molar-refractivity contribution in [3.05, 3.63) is 23.7 Å². The van der Waals surface area contributed by atoms with Gasteiger partial charge in [0.05, 0.1) is 0 Å². The quantitative estimate of drug-likeness (QED) is 0.739. The molecule has 0 aliphatic carbocycles. The fourth-order valence-corrected chi connectivity index (χ4v) is 1.17. The van der Waals surface area contributed by atoms with Crippen LogP contribution in [0, 0.1) is 6.92 Å². The number of nitrogens with zero attached hydrogens (tertiary/aromatic N) is 4.